The van der Waals surface area contributed by atoms with Crippen molar-refractivity contribution in [1.29, 1.82) is 0 Å². The van der Waals surface area contributed by atoms with Crippen molar-refractivity contribution in [3.05, 3.63) is 27.1 Å². The third-order valence-corrected chi connectivity index (χ3v) is 7.65. The van der Waals surface area contributed by atoms with Crippen LogP contribution in [0.25, 0.3) is 6.08 Å². The van der Waals surface area contributed by atoms with Crippen LogP contribution < -0.4 is 4.74 Å². The van der Waals surface area contributed by atoms with Crippen LogP contribution in [0.15, 0.2) is 21.5 Å². The van der Waals surface area contributed by atoms with Crippen LogP contribution >= 0.6 is 39.9 Å². The number of halogens is 1. The number of ether oxygens (including phenoxy) is 1. The molecule has 1 aromatic rings. The van der Waals surface area contributed by atoms with Gasteiger partial charge in [-0.2, -0.15) is 0 Å². The lowest BCUT2D eigenvalue weighted by Gasteiger charge is -2.20. The number of phenols is 1. The Bertz CT molecular complexity index is 897. The van der Waals surface area contributed by atoms with Gasteiger partial charge in [0.2, 0.25) is 0 Å². The van der Waals surface area contributed by atoms with E-state index in [2.05, 4.69) is 15.9 Å². The predicted octanol–water partition coefficient (Wildman–Crippen LogP) is 2.55. The van der Waals surface area contributed by atoms with Crippen molar-refractivity contribution in [2.45, 2.75) is 12.5 Å². The number of thiocarbonyl (C=S) groups is 1. The molecule has 0 bridgehead atoms. The summed E-state index contributed by atoms with van der Waals surface area (Å²) in [5, 5.41) is 9.86. The van der Waals surface area contributed by atoms with Crippen LogP contribution in [-0.4, -0.2) is 53.3 Å². The molecule has 1 amide bonds. The molecule has 1 N–H and O–H groups in total. The van der Waals surface area contributed by atoms with E-state index in [4.69, 9.17) is 17.0 Å². The number of carbonyl (C=O) groups is 1. The highest BCUT2D eigenvalue weighted by Gasteiger charge is 2.42. The van der Waals surface area contributed by atoms with E-state index in [0.717, 1.165) is 11.8 Å². The number of hydrogen-bond donors (Lipinski definition) is 1. The summed E-state index contributed by atoms with van der Waals surface area (Å²) in [5.41, 5.74) is 0.654. The quantitative estimate of drug-likeness (QED) is 0.544. The fourth-order valence-electron chi connectivity index (χ4n) is 2.76. The zero-order chi connectivity index (χ0) is 18.4. The molecule has 0 unspecified atom stereocenters. The molecule has 0 radical (unpaired) electrons. The van der Waals surface area contributed by atoms with Gasteiger partial charge in [-0.05, 0) is 46.1 Å². The van der Waals surface area contributed by atoms with E-state index < -0.39 is 15.9 Å². The van der Waals surface area contributed by atoms with Crippen LogP contribution in [0, 0.1) is 0 Å². The molecule has 1 atom stereocenters. The van der Waals surface area contributed by atoms with Crippen molar-refractivity contribution in [3.8, 4) is 11.5 Å². The van der Waals surface area contributed by atoms with Gasteiger partial charge in [-0.1, -0.05) is 24.0 Å². The summed E-state index contributed by atoms with van der Waals surface area (Å²) in [6, 6.07) is 2.86. The minimum absolute atomic E-state index is 0.0247. The van der Waals surface area contributed by atoms with Crippen LogP contribution in [-0.2, 0) is 14.6 Å². The maximum atomic E-state index is 12.7. The molecule has 0 spiro atoms. The van der Waals surface area contributed by atoms with Crippen LogP contribution in [0.3, 0.4) is 0 Å². The molecule has 2 fully saturated rings. The number of hydrogen-bond acceptors (Lipinski definition) is 7. The summed E-state index contributed by atoms with van der Waals surface area (Å²) in [7, 11) is -1.67. The number of methoxy groups -OCH3 is 1. The van der Waals surface area contributed by atoms with Gasteiger partial charge < -0.3 is 9.84 Å². The Morgan fingerprint density at radius 1 is 1.48 bits per heavy atom. The van der Waals surface area contributed by atoms with Crippen LogP contribution in [0.4, 0.5) is 0 Å². The van der Waals surface area contributed by atoms with E-state index in [1.807, 2.05) is 0 Å². The van der Waals surface area contributed by atoms with Crippen molar-refractivity contribution in [2.75, 3.05) is 18.6 Å². The van der Waals surface area contributed by atoms with Crippen molar-refractivity contribution in [2.24, 2.45) is 0 Å². The number of phenolic OH excluding ortho intramolecular Hbond substituents is 1. The summed E-state index contributed by atoms with van der Waals surface area (Å²) < 4.78 is 29.3. The van der Waals surface area contributed by atoms with Crippen molar-refractivity contribution >= 4 is 66.1 Å². The van der Waals surface area contributed by atoms with E-state index in [-0.39, 0.29) is 28.9 Å². The number of sulfone groups is 1. The number of rotatable bonds is 3. The summed E-state index contributed by atoms with van der Waals surface area (Å²) in [5.74, 6) is -0.0112. The monoisotopic (exact) mass is 463 g/mol. The highest BCUT2D eigenvalue weighted by molar-refractivity contribution is 9.10. The smallest absolute Gasteiger partial charge is 0.266 e. The Morgan fingerprint density at radius 2 is 2.20 bits per heavy atom. The second-order valence-corrected chi connectivity index (χ2v) is 10.4. The number of amides is 1. The molecule has 0 aromatic heterocycles. The van der Waals surface area contributed by atoms with E-state index in [1.165, 1.54) is 12.0 Å². The minimum Gasteiger partial charge on any atom is -0.503 e. The normalized spacial score (nSPS) is 24.3. The first-order valence-electron chi connectivity index (χ1n) is 7.26. The fourth-order valence-corrected chi connectivity index (χ4v) is 6.32. The topological polar surface area (TPSA) is 83.9 Å². The molecular weight excluding hydrogens is 450 g/mol. The molecule has 0 saturated carbocycles. The van der Waals surface area contributed by atoms with Crippen LogP contribution in [0.2, 0.25) is 0 Å². The lowest BCUT2D eigenvalue weighted by atomic mass is 10.1. The molecular formula is C15H14BrNO5S3. The zero-order valence-electron chi connectivity index (χ0n) is 13.1. The van der Waals surface area contributed by atoms with Crippen LogP contribution in [0.5, 0.6) is 11.5 Å². The van der Waals surface area contributed by atoms with E-state index in [1.54, 1.807) is 18.2 Å². The third-order valence-electron chi connectivity index (χ3n) is 3.97. The summed E-state index contributed by atoms with van der Waals surface area (Å²) in [4.78, 5) is 14.5. The second kappa shape index (κ2) is 6.90. The van der Waals surface area contributed by atoms with Gasteiger partial charge in [0.15, 0.2) is 21.3 Å². The SMILES string of the molecule is COc1cc(/C=C2/SC(=S)N([C@@H]3CCS(=O)(=O)C3)C2=O)cc(Br)c1O. The molecule has 1 aromatic carbocycles. The van der Waals surface area contributed by atoms with Gasteiger partial charge in [0.1, 0.15) is 4.32 Å². The van der Waals surface area contributed by atoms with E-state index in [9.17, 15) is 18.3 Å². The number of carbonyl (C=O) groups excluding carboxylic acids is 1. The van der Waals surface area contributed by atoms with Gasteiger partial charge in [0, 0.05) is 0 Å². The summed E-state index contributed by atoms with van der Waals surface area (Å²) in [6.07, 6.45) is 2.05. The first kappa shape index (κ1) is 18.7. The third kappa shape index (κ3) is 3.71. The van der Waals surface area contributed by atoms with Crippen molar-refractivity contribution < 1.29 is 23.1 Å². The molecule has 2 aliphatic heterocycles. The van der Waals surface area contributed by atoms with E-state index >= 15 is 0 Å². The molecule has 3 rings (SSSR count). The summed E-state index contributed by atoms with van der Waals surface area (Å²) in [6.45, 7) is 0. The van der Waals surface area contributed by atoms with Gasteiger partial charge in [-0.25, -0.2) is 8.42 Å². The predicted molar refractivity (Wildman–Crippen MR) is 104 cm³/mol. The van der Waals surface area contributed by atoms with Gasteiger partial charge in [0.25, 0.3) is 5.91 Å². The maximum Gasteiger partial charge on any atom is 0.266 e. The number of benzene rings is 1. The standard InChI is InChI=1S/C15H14BrNO5S3/c1-22-11-5-8(4-10(16)13(11)18)6-12-14(19)17(15(23)24-12)9-2-3-25(20,21)7-9/h4-6,9,18H,2-3,7H2,1H3/b12-6+/t9-/m1/s1. The van der Waals surface area contributed by atoms with Crippen molar-refractivity contribution in [3.63, 3.8) is 0 Å². The Balaban J connectivity index is 1.90. The molecule has 2 heterocycles. The zero-order valence-corrected chi connectivity index (χ0v) is 17.1. The first-order valence-corrected chi connectivity index (χ1v) is 11.1. The minimum atomic E-state index is -3.11. The number of nitrogens with zero attached hydrogens (tertiary/aromatic N) is 1. The van der Waals surface area contributed by atoms with Crippen LogP contribution in [0.1, 0.15) is 12.0 Å². The largest absolute Gasteiger partial charge is 0.503 e. The fraction of sp³-hybridized carbons (Fsp3) is 0.333. The molecule has 2 aliphatic rings. The highest BCUT2D eigenvalue weighted by atomic mass is 79.9. The molecule has 10 heteroatoms. The molecule has 0 aliphatic carbocycles. The van der Waals surface area contributed by atoms with Gasteiger partial charge in [-0.3, -0.25) is 9.69 Å². The number of aromatic hydroxyl groups is 1. The molecule has 134 valence electrons. The first-order chi connectivity index (χ1) is 11.7. The average molecular weight is 464 g/mol. The van der Waals surface area contributed by atoms with Gasteiger partial charge in [0.05, 0.1) is 34.0 Å². The lowest BCUT2D eigenvalue weighted by Crippen LogP contribution is -2.39. The Hall–Kier alpha value is -1.10. The van der Waals surface area contributed by atoms with Gasteiger partial charge in [-0.15, -0.1) is 0 Å². The van der Waals surface area contributed by atoms with E-state index in [0.29, 0.717) is 25.7 Å². The average Bonchev–Trinajstić information content (AvgIpc) is 3.02. The highest BCUT2D eigenvalue weighted by Crippen LogP contribution is 2.39. The second-order valence-electron chi connectivity index (χ2n) is 5.66. The Labute approximate surface area is 163 Å². The summed E-state index contributed by atoms with van der Waals surface area (Å²) >= 11 is 9.66. The molecule has 25 heavy (non-hydrogen) atoms. The molecule has 2 saturated heterocycles. The lowest BCUT2D eigenvalue weighted by molar-refractivity contribution is -0.123. The van der Waals surface area contributed by atoms with Crippen molar-refractivity contribution in [1.82, 2.24) is 4.90 Å². The number of thioether (sulfide) groups is 1. The van der Waals surface area contributed by atoms with Gasteiger partial charge >= 0.3 is 0 Å². The Kier molecular flexibility index (Phi) is 5.16. The maximum absolute atomic E-state index is 12.7. The molecule has 6 nitrogen and oxygen atoms in total. The Morgan fingerprint density at radius 3 is 2.80 bits per heavy atom.